The number of para-hydroxylation sites is 2. The van der Waals surface area contributed by atoms with Gasteiger partial charge in [-0.15, -0.1) is 0 Å². The minimum Gasteiger partial charge on any atom is -0.493 e. The smallest absolute Gasteiger partial charge is 0.260 e. The van der Waals surface area contributed by atoms with E-state index in [1.54, 1.807) is 31.2 Å². The van der Waals surface area contributed by atoms with Crippen molar-refractivity contribution in [3.8, 4) is 11.5 Å². The van der Waals surface area contributed by atoms with Gasteiger partial charge < -0.3 is 19.5 Å². The molecule has 20 heavy (non-hydrogen) atoms. The maximum absolute atomic E-state index is 11.9. The molecule has 0 aliphatic carbocycles. The van der Waals surface area contributed by atoms with Gasteiger partial charge in [-0.25, -0.2) is 0 Å². The molecule has 0 aliphatic heterocycles. The van der Waals surface area contributed by atoms with Crippen molar-refractivity contribution >= 4 is 5.91 Å². The first-order chi connectivity index (χ1) is 9.69. The second-order valence-corrected chi connectivity index (χ2v) is 4.54. The van der Waals surface area contributed by atoms with Crippen LogP contribution in [0.1, 0.15) is 19.3 Å². The van der Waals surface area contributed by atoms with Crippen molar-refractivity contribution in [1.82, 2.24) is 4.90 Å². The number of hydrogen-bond acceptors (Lipinski definition) is 4. The highest BCUT2D eigenvalue weighted by Crippen LogP contribution is 2.25. The lowest BCUT2D eigenvalue weighted by Gasteiger charge is -2.17. The lowest BCUT2D eigenvalue weighted by molar-refractivity contribution is -0.132. The molecule has 0 atom stereocenters. The predicted molar refractivity (Wildman–Crippen MR) is 77.1 cm³/mol. The van der Waals surface area contributed by atoms with Crippen molar-refractivity contribution in [2.45, 2.75) is 19.3 Å². The molecular weight excluding hydrogens is 258 g/mol. The molecule has 1 aromatic carbocycles. The Morgan fingerprint density at radius 2 is 1.90 bits per heavy atom. The summed E-state index contributed by atoms with van der Waals surface area (Å²) in [5.41, 5.74) is 0. The molecule has 0 aromatic heterocycles. The number of likely N-dealkylation sites (N-methyl/N-ethyl adjacent to an activating group) is 1. The molecule has 0 heterocycles. The zero-order chi connectivity index (χ0) is 14.8. The summed E-state index contributed by atoms with van der Waals surface area (Å²) in [4.78, 5) is 13.5. The molecule has 0 bridgehead atoms. The van der Waals surface area contributed by atoms with E-state index in [0.717, 1.165) is 19.3 Å². The minimum absolute atomic E-state index is 0.00310. The number of carbonyl (C=O) groups excluding carboxylic acids is 1. The van der Waals surface area contributed by atoms with Crippen LogP contribution in [0.2, 0.25) is 0 Å². The Balaban J connectivity index is 2.34. The van der Waals surface area contributed by atoms with E-state index in [0.29, 0.717) is 18.0 Å². The topological polar surface area (TPSA) is 59.0 Å². The van der Waals surface area contributed by atoms with E-state index in [2.05, 4.69) is 0 Å². The van der Waals surface area contributed by atoms with Crippen LogP contribution in [0.3, 0.4) is 0 Å². The largest absolute Gasteiger partial charge is 0.493 e. The van der Waals surface area contributed by atoms with E-state index in [1.807, 2.05) is 12.1 Å². The number of benzene rings is 1. The number of aliphatic hydroxyl groups excluding tert-OH is 1. The molecule has 5 heteroatoms. The molecule has 1 rings (SSSR count). The summed E-state index contributed by atoms with van der Waals surface area (Å²) in [6, 6.07) is 7.24. The third-order valence-electron chi connectivity index (χ3n) is 3.00. The van der Waals surface area contributed by atoms with E-state index in [9.17, 15) is 4.79 Å². The summed E-state index contributed by atoms with van der Waals surface area (Å²) in [5.74, 6) is 1.11. The lowest BCUT2D eigenvalue weighted by atomic mass is 10.2. The second-order valence-electron chi connectivity index (χ2n) is 4.54. The standard InChI is InChI=1S/C15H23NO4/c1-16(10-6-3-7-11-17)15(18)12-20-14-9-5-4-8-13(14)19-2/h4-5,8-9,17H,3,6-7,10-12H2,1-2H3. The Labute approximate surface area is 120 Å². The average molecular weight is 281 g/mol. The average Bonchev–Trinajstić information content (AvgIpc) is 2.49. The molecular formula is C15H23NO4. The number of unbranched alkanes of at least 4 members (excludes halogenated alkanes) is 2. The van der Waals surface area contributed by atoms with E-state index >= 15 is 0 Å². The molecule has 0 radical (unpaired) electrons. The summed E-state index contributed by atoms with van der Waals surface area (Å²) in [5, 5.41) is 8.69. The van der Waals surface area contributed by atoms with Crippen LogP contribution in [-0.2, 0) is 4.79 Å². The number of aliphatic hydroxyl groups is 1. The normalized spacial score (nSPS) is 10.2. The Morgan fingerprint density at radius 3 is 2.55 bits per heavy atom. The quantitative estimate of drug-likeness (QED) is 0.700. The van der Waals surface area contributed by atoms with Crippen LogP contribution >= 0.6 is 0 Å². The molecule has 0 aliphatic rings. The summed E-state index contributed by atoms with van der Waals surface area (Å²) < 4.78 is 10.6. The fourth-order valence-electron chi connectivity index (χ4n) is 1.75. The van der Waals surface area contributed by atoms with Crippen molar-refractivity contribution in [2.24, 2.45) is 0 Å². The molecule has 112 valence electrons. The van der Waals surface area contributed by atoms with Gasteiger partial charge in [0.15, 0.2) is 18.1 Å². The van der Waals surface area contributed by atoms with E-state index in [-0.39, 0.29) is 19.1 Å². The molecule has 0 fully saturated rings. The Kier molecular flexibility index (Phi) is 7.50. The molecule has 5 nitrogen and oxygen atoms in total. The first kappa shape index (κ1) is 16.3. The Bertz CT molecular complexity index is 409. The summed E-state index contributed by atoms with van der Waals surface area (Å²) in [6.07, 6.45) is 2.58. The van der Waals surface area contributed by atoms with Gasteiger partial charge in [0.05, 0.1) is 7.11 Å². The van der Waals surface area contributed by atoms with Crippen LogP contribution in [0.15, 0.2) is 24.3 Å². The van der Waals surface area contributed by atoms with Crippen LogP contribution < -0.4 is 9.47 Å². The van der Waals surface area contributed by atoms with Gasteiger partial charge in [-0.2, -0.15) is 0 Å². The third-order valence-corrected chi connectivity index (χ3v) is 3.00. The van der Waals surface area contributed by atoms with Gasteiger partial charge in [0.25, 0.3) is 5.91 Å². The van der Waals surface area contributed by atoms with Crippen LogP contribution in [0.4, 0.5) is 0 Å². The maximum Gasteiger partial charge on any atom is 0.260 e. The van der Waals surface area contributed by atoms with Crippen molar-refractivity contribution in [3.63, 3.8) is 0 Å². The maximum atomic E-state index is 11.9. The minimum atomic E-state index is -0.0695. The van der Waals surface area contributed by atoms with Crippen LogP contribution in [-0.4, -0.2) is 49.8 Å². The van der Waals surface area contributed by atoms with E-state index < -0.39 is 0 Å². The van der Waals surface area contributed by atoms with Gasteiger partial charge >= 0.3 is 0 Å². The highest BCUT2D eigenvalue weighted by molar-refractivity contribution is 5.77. The monoisotopic (exact) mass is 281 g/mol. The number of hydrogen-bond donors (Lipinski definition) is 1. The number of nitrogens with zero attached hydrogens (tertiary/aromatic N) is 1. The highest BCUT2D eigenvalue weighted by atomic mass is 16.5. The van der Waals surface area contributed by atoms with Crippen molar-refractivity contribution in [1.29, 1.82) is 0 Å². The summed E-state index contributed by atoms with van der Waals surface area (Å²) in [7, 11) is 3.32. The first-order valence-corrected chi connectivity index (χ1v) is 6.79. The number of carbonyl (C=O) groups is 1. The summed E-state index contributed by atoms with van der Waals surface area (Å²) >= 11 is 0. The third kappa shape index (κ3) is 5.48. The second kappa shape index (κ2) is 9.20. The number of methoxy groups -OCH3 is 1. The van der Waals surface area contributed by atoms with Crippen molar-refractivity contribution in [3.05, 3.63) is 24.3 Å². The molecule has 0 spiro atoms. The molecule has 1 N–H and O–H groups in total. The Morgan fingerprint density at radius 1 is 1.20 bits per heavy atom. The molecule has 1 aromatic rings. The lowest BCUT2D eigenvalue weighted by Crippen LogP contribution is -2.32. The number of rotatable bonds is 9. The van der Waals surface area contributed by atoms with Gasteiger partial charge in [0.1, 0.15) is 0 Å². The molecule has 0 saturated carbocycles. The summed E-state index contributed by atoms with van der Waals surface area (Å²) in [6.45, 7) is 0.875. The van der Waals surface area contributed by atoms with Crippen LogP contribution in [0.25, 0.3) is 0 Å². The van der Waals surface area contributed by atoms with Crippen LogP contribution in [0.5, 0.6) is 11.5 Å². The molecule has 0 saturated heterocycles. The SMILES string of the molecule is COc1ccccc1OCC(=O)N(C)CCCCCO. The molecule has 1 amide bonds. The van der Waals surface area contributed by atoms with E-state index in [4.69, 9.17) is 14.6 Å². The molecule has 0 unspecified atom stereocenters. The van der Waals surface area contributed by atoms with Gasteiger partial charge in [0.2, 0.25) is 0 Å². The Hall–Kier alpha value is -1.75. The predicted octanol–water partition coefficient (Wildman–Crippen LogP) is 1.70. The van der Waals surface area contributed by atoms with Crippen LogP contribution in [0, 0.1) is 0 Å². The number of amides is 1. The zero-order valence-electron chi connectivity index (χ0n) is 12.2. The van der Waals surface area contributed by atoms with Gasteiger partial charge in [-0.05, 0) is 31.4 Å². The highest BCUT2D eigenvalue weighted by Gasteiger charge is 2.10. The van der Waals surface area contributed by atoms with Crippen molar-refractivity contribution in [2.75, 3.05) is 33.9 Å². The fraction of sp³-hybridized carbons (Fsp3) is 0.533. The number of ether oxygens (including phenoxy) is 2. The van der Waals surface area contributed by atoms with Gasteiger partial charge in [-0.3, -0.25) is 4.79 Å². The first-order valence-electron chi connectivity index (χ1n) is 6.79. The zero-order valence-corrected chi connectivity index (χ0v) is 12.2. The van der Waals surface area contributed by atoms with E-state index in [1.165, 1.54) is 0 Å². The van der Waals surface area contributed by atoms with Gasteiger partial charge in [0, 0.05) is 20.2 Å². The van der Waals surface area contributed by atoms with Gasteiger partial charge in [-0.1, -0.05) is 12.1 Å². The fourth-order valence-corrected chi connectivity index (χ4v) is 1.75. The van der Waals surface area contributed by atoms with Crippen molar-refractivity contribution < 1.29 is 19.4 Å².